The summed E-state index contributed by atoms with van der Waals surface area (Å²) in [7, 11) is 1.64. The molecule has 4 nitrogen and oxygen atoms in total. The quantitative estimate of drug-likeness (QED) is 0.775. The number of hydrogen-bond acceptors (Lipinski definition) is 4. The van der Waals surface area contributed by atoms with Crippen molar-refractivity contribution in [2.24, 2.45) is 0 Å². The molecule has 1 heterocycles. The van der Waals surface area contributed by atoms with Crippen molar-refractivity contribution in [3.63, 3.8) is 0 Å². The van der Waals surface area contributed by atoms with Gasteiger partial charge in [0.1, 0.15) is 5.75 Å². The van der Waals surface area contributed by atoms with Crippen LogP contribution in [0.5, 0.6) is 5.75 Å². The SMILES string of the molecule is COc1ccc(N[C@H]2COC[C@@H]2O)cc1. The first-order valence-electron chi connectivity index (χ1n) is 4.96. The lowest BCUT2D eigenvalue weighted by atomic mass is 10.2. The molecule has 0 radical (unpaired) electrons. The van der Waals surface area contributed by atoms with E-state index < -0.39 is 6.10 Å². The maximum Gasteiger partial charge on any atom is 0.119 e. The van der Waals surface area contributed by atoms with Crippen LogP contribution in [-0.2, 0) is 4.74 Å². The fraction of sp³-hybridized carbons (Fsp3) is 0.455. The van der Waals surface area contributed by atoms with Crippen LogP contribution in [0.15, 0.2) is 24.3 Å². The van der Waals surface area contributed by atoms with Crippen LogP contribution in [0.25, 0.3) is 0 Å². The molecular weight excluding hydrogens is 194 g/mol. The minimum Gasteiger partial charge on any atom is -0.497 e. The predicted octanol–water partition coefficient (Wildman–Crippen LogP) is 0.867. The van der Waals surface area contributed by atoms with E-state index in [4.69, 9.17) is 9.47 Å². The Bertz CT molecular complexity index is 312. The van der Waals surface area contributed by atoms with Gasteiger partial charge in [0, 0.05) is 5.69 Å². The van der Waals surface area contributed by atoms with Crippen LogP contribution in [0.4, 0.5) is 5.69 Å². The Hall–Kier alpha value is -1.26. The van der Waals surface area contributed by atoms with E-state index in [0.717, 1.165) is 11.4 Å². The molecule has 1 aliphatic heterocycles. The second-order valence-electron chi connectivity index (χ2n) is 3.58. The van der Waals surface area contributed by atoms with Crippen molar-refractivity contribution < 1.29 is 14.6 Å². The van der Waals surface area contributed by atoms with Crippen LogP contribution in [-0.4, -0.2) is 37.6 Å². The van der Waals surface area contributed by atoms with Gasteiger partial charge in [-0.2, -0.15) is 0 Å². The average Bonchev–Trinajstić information content (AvgIpc) is 2.66. The number of benzene rings is 1. The largest absolute Gasteiger partial charge is 0.497 e. The maximum absolute atomic E-state index is 9.54. The molecule has 1 fully saturated rings. The fourth-order valence-corrected chi connectivity index (χ4v) is 1.58. The van der Waals surface area contributed by atoms with Gasteiger partial charge in [-0.1, -0.05) is 0 Å². The van der Waals surface area contributed by atoms with E-state index >= 15 is 0 Å². The maximum atomic E-state index is 9.54. The average molecular weight is 209 g/mol. The summed E-state index contributed by atoms with van der Waals surface area (Å²) in [4.78, 5) is 0. The molecule has 2 N–H and O–H groups in total. The van der Waals surface area contributed by atoms with Crippen LogP contribution < -0.4 is 10.1 Å². The second-order valence-corrected chi connectivity index (χ2v) is 3.58. The zero-order valence-corrected chi connectivity index (χ0v) is 8.64. The van der Waals surface area contributed by atoms with Crippen molar-refractivity contribution in [3.8, 4) is 5.75 Å². The molecule has 0 spiro atoms. The molecule has 82 valence electrons. The number of aliphatic hydroxyl groups is 1. The van der Waals surface area contributed by atoms with Gasteiger partial charge < -0.3 is 19.9 Å². The number of anilines is 1. The second kappa shape index (κ2) is 4.51. The third kappa shape index (κ3) is 2.40. The molecule has 1 aromatic carbocycles. The molecular formula is C11H15NO3. The number of methoxy groups -OCH3 is 1. The summed E-state index contributed by atoms with van der Waals surface area (Å²) < 4.78 is 10.2. The number of nitrogens with one attached hydrogen (secondary N) is 1. The van der Waals surface area contributed by atoms with E-state index in [0.29, 0.717) is 13.2 Å². The third-order valence-electron chi connectivity index (χ3n) is 2.49. The highest BCUT2D eigenvalue weighted by Gasteiger charge is 2.25. The Labute approximate surface area is 88.8 Å². The third-order valence-corrected chi connectivity index (χ3v) is 2.49. The molecule has 4 heteroatoms. The Balaban J connectivity index is 1.98. The van der Waals surface area contributed by atoms with E-state index in [2.05, 4.69) is 5.32 Å². The van der Waals surface area contributed by atoms with Gasteiger partial charge in [-0.25, -0.2) is 0 Å². The molecule has 1 aliphatic rings. The molecule has 0 amide bonds. The lowest BCUT2D eigenvalue weighted by Gasteiger charge is -2.15. The highest BCUT2D eigenvalue weighted by molar-refractivity contribution is 5.47. The molecule has 1 aromatic rings. The summed E-state index contributed by atoms with van der Waals surface area (Å²) in [6.45, 7) is 0.959. The monoisotopic (exact) mass is 209 g/mol. The van der Waals surface area contributed by atoms with Crippen LogP contribution >= 0.6 is 0 Å². The van der Waals surface area contributed by atoms with Gasteiger partial charge in [-0.05, 0) is 24.3 Å². The Morgan fingerprint density at radius 1 is 1.33 bits per heavy atom. The minimum absolute atomic E-state index is 0.0154. The molecule has 1 saturated heterocycles. The van der Waals surface area contributed by atoms with Gasteiger partial charge in [0.05, 0.1) is 32.5 Å². The molecule has 2 rings (SSSR count). The van der Waals surface area contributed by atoms with Crippen LogP contribution in [0.1, 0.15) is 0 Å². The lowest BCUT2D eigenvalue weighted by molar-refractivity contribution is 0.125. The summed E-state index contributed by atoms with van der Waals surface area (Å²) in [6.07, 6.45) is -0.424. The number of ether oxygens (including phenoxy) is 2. The van der Waals surface area contributed by atoms with Crippen LogP contribution in [0, 0.1) is 0 Å². The van der Waals surface area contributed by atoms with E-state index in [1.165, 1.54) is 0 Å². The molecule has 0 aromatic heterocycles. The number of rotatable bonds is 3. The topological polar surface area (TPSA) is 50.7 Å². The van der Waals surface area contributed by atoms with E-state index in [1.807, 2.05) is 24.3 Å². The molecule has 2 atom stereocenters. The molecule has 0 unspecified atom stereocenters. The Morgan fingerprint density at radius 3 is 2.60 bits per heavy atom. The Kier molecular flexibility index (Phi) is 3.08. The first-order chi connectivity index (χ1) is 7.29. The van der Waals surface area contributed by atoms with Crippen molar-refractivity contribution in [1.29, 1.82) is 0 Å². The van der Waals surface area contributed by atoms with E-state index in [-0.39, 0.29) is 6.04 Å². The van der Waals surface area contributed by atoms with Gasteiger partial charge in [0.25, 0.3) is 0 Å². The summed E-state index contributed by atoms with van der Waals surface area (Å²) in [5.41, 5.74) is 0.963. The predicted molar refractivity (Wildman–Crippen MR) is 57.2 cm³/mol. The van der Waals surface area contributed by atoms with Crippen LogP contribution in [0.2, 0.25) is 0 Å². The summed E-state index contributed by atoms with van der Waals surface area (Å²) in [5, 5.41) is 12.8. The van der Waals surface area contributed by atoms with Gasteiger partial charge in [0.2, 0.25) is 0 Å². The minimum atomic E-state index is -0.424. The first kappa shape index (κ1) is 10.3. The highest BCUT2D eigenvalue weighted by Crippen LogP contribution is 2.18. The molecule has 15 heavy (non-hydrogen) atoms. The summed E-state index contributed by atoms with van der Waals surface area (Å²) >= 11 is 0. The van der Waals surface area contributed by atoms with Crippen LogP contribution in [0.3, 0.4) is 0 Å². The van der Waals surface area contributed by atoms with Gasteiger partial charge in [0.15, 0.2) is 0 Å². The fourth-order valence-electron chi connectivity index (χ4n) is 1.58. The van der Waals surface area contributed by atoms with Gasteiger partial charge >= 0.3 is 0 Å². The smallest absolute Gasteiger partial charge is 0.119 e. The normalized spacial score (nSPS) is 25.2. The lowest BCUT2D eigenvalue weighted by Crippen LogP contribution is -2.31. The number of hydrogen-bond donors (Lipinski definition) is 2. The zero-order chi connectivity index (χ0) is 10.7. The molecule has 0 bridgehead atoms. The summed E-state index contributed by atoms with van der Waals surface area (Å²) in [6, 6.07) is 7.58. The highest BCUT2D eigenvalue weighted by atomic mass is 16.5. The van der Waals surface area contributed by atoms with Crippen molar-refractivity contribution >= 4 is 5.69 Å². The first-order valence-corrected chi connectivity index (χ1v) is 4.96. The molecule has 0 saturated carbocycles. The summed E-state index contributed by atoms with van der Waals surface area (Å²) in [5.74, 6) is 0.823. The van der Waals surface area contributed by atoms with E-state index in [1.54, 1.807) is 7.11 Å². The zero-order valence-electron chi connectivity index (χ0n) is 8.64. The van der Waals surface area contributed by atoms with E-state index in [9.17, 15) is 5.11 Å². The van der Waals surface area contributed by atoms with Gasteiger partial charge in [-0.3, -0.25) is 0 Å². The van der Waals surface area contributed by atoms with Crippen molar-refractivity contribution in [1.82, 2.24) is 0 Å². The standard InChI is InChI=1S/C11H15NO3/c1-14-9-4-2-8(3-5-9)12-10-6-15-7-11(10)13/h2-5,10-13H,6-7H2,1H3/t10-,11-/m0/s1. The number of aliphatic hydroxyl groups excluding tert-OH is 1. The molecule has 0 aliphatic carbocycles. The van der Waals surface area contributed by atoms with Gasteiger partial charge in [-0.15, -0.1) is 0 Å². The Morgan fingerprint density at radius 2 is 2.07 bits per heavy atom. The van der Waals surface area contributed by atoms with Crippen molar-refractivity contribution in [2.75, 3.05) is 25.6 Å². The van der Waals surface area contributed by atoms with Crippen molar-refractivity contribution in [3.05, 3.63) is 24.3 Å². The van der Waals surface area contributed by atoms with Crippen molar-refractivity contribution in [2.45, 2.75) is 12.1 Å².